The average molecular weight is 543 g/mol. The molecule has 1 amide bonds. The average Bonchev–Trinajstić information content (AvgIpc) is 2.84. The van der Waals surface area contributed by atoms with Gasteiger partial charge in [-0.05, 0) is 103 Å². The van der Waals surface area contributed by atoms with Crippen molar-refractivity contribution in [2.75, 3.05) is 18.0 Å². The quantitative estimate of drug-likeness (QED) is 0.328. The van der Waals surface area contributed by atoms with Gasteiger partial charge in [0.05, 0.1) is 5.56 Å². The van der Waals surface area contributed by atoms with Crippen molar-refractivity contribution in [1.29, 1.82) is 0 Å². The first-order valence-electron chi connectivity index (χ1n) is 13.7. The number of rotatable bonds is 10. The van der Waals surface area contributed by atoms with Crippen molar-refractivity contribution in [2.24, 2.45) is 0 Å². The molecule has 7 heteroatoms. The smallest absolute Gasteiger partial charge is 0.350 e. The highest BCUT2D eigenvalue weighted by Gasteiger charge is 2.34. The monoisotopic (exact) mass is 542 g/mol. The molecule has 0 radical (unpaired) electrons. The van der Waals surface area contributed by atoms with Crippen molar-refractivity contribution in [2.45, 2.75) is 97.3 Å². The molecular formula is C31H43ClN2O4. The first-order valence-corrected chi connectivity index (χ1v) is 14.1. The van der Waals surface area contributed by atoms with E-state index in [1.54, 1.807) is 19.9 Å². The second-order valence-electron chi connectivity index (χ2n) is 11.6. The van der Waals surface area contributed by atoms with Gasteiger partial charge in [-0.1, -0.05) is 37.1 Å². The minimum atomic E-state index is -1.11. The van der Waals surface area contributed by atoms with Crippen LogP contribution in [0.15, 0.2) is 42.5 Å². The largest absolute Gasteiger partial charge is 0.476 e. The lowest BCUT2D eigenvalue weighted by molar-refractivity contribution is -0.170. The topological polar surface area (TPSA) is 67.9 Å². The number of amides is 1. The summed E-state index contributed by atoms with van der Waals surface area (Å²) in [5, 5.41) is 3.83. The lowest BCUT2D eigenvalue weighted by Gasteiger charge is -2.31. The van der Waals surface area contributed by atoms with Gasteiger partial charge in [-0.15, -0.1) is 0 Å². The molecule has 1 saturated heterocycles. The molecule has 1 aliphatic heterocycles. The molecule has 0 spiro atoms. The number of carbonyl (C=O) groups excluding carboxylic acids is 2. The maximum Gasteiger partial charge on any atom is 0.350 e. The van der Waals surface area contributed by atoms with Crippen LogP contribution in [0.25, 0.3) is 0 Å². The van der Waals surface area contributed by atoms with Gasteiger partial charge in [0.25, 0.3) is 5.91 Å². The number of esters is 1. The lowest BCUT2D eigenvalue weighted by Crippen LogP contribution is -2.43. The highest BCUT2D eigenvalue weighted by molar-refractivity contribution is 6.31. The molecular weight excluding hydrogens is 500 g/mol. The standard InChI is InChI=1S/C31H43ClN2O4/c1-7-11-24(33-28(35)26-21-23(32)14-17-27(26)34-18-9-8-10-19-34)20-22-12-15-25(16-13-22)37-31(5,6)29(36)38-30(2,3)4/h12-17,21,24H,7-11,18-20H2,1-6H3,(H,33,35). The Morgan fingerprint density at radius 1 is 1.00 bits per heavy atom. The number of halogens is 1. The summed E-state index contributed by atoms with van der Waals surface area (Å²) in [4.78, 5) is 28.3. The molecule has 208 valence electrons. The van der Waals surface area contributed by atoms with Crippen LogP contribution >= 0.6 is 11.6 Å². The Hall–Kier alpha value is -2.73. The molecule has 1 aliphatic rings. The maximum atomic E-state index is 13.4. The van der Waals surface area contributed by atoms with Gasteiger partial charge in [-0.25, -0.2) is 4.79 Å². The van der Waals surface area contributed by atoms with Crippen LogP contribution in [0.3, 0.4) is 0 Å². The van der Waals surface area contributed by atoms with E-state index < -0.39 is 17.2 Å². The molecule has 2 aromatic carbocycles. The number of anilines is 1. The molecule has 6 nitrogen and oxygen atoms in total. The van der Waals surface area contributed by atoms with Crippen LogP contribution in [-0.2, 0) is 16.0 Å². The molecule has 0 aliphatic carbocycles. The first kappa shape index (κ1) is 29.8. The van der Waals surface area contributed by atoms with E-state index in [2.05, 4.69) is 17.1 Å². The summed E-state index contributed by atoms with van der Waals surface area (Å²) < 4.78 is 11.5. The number of piperidine rings is 1. The van der Waals surface area contributed by atoms with Crippen LogP contribution in [0.4, 0.5) is 5.69 Å². The minimum absolute atomic E-state index is 0.0225. The van der Waals surface area contributed by atoms with Crippen molar-refractivity contribution in [1.82, 2.24) is 5.32 Å². The van der Waals surface area contributed by atoms with Crippen molar-refractivity contribution < 1.29 is 19.1 Å². The van der Waals surface area contributed by atoms with E-state index in [4.69, 9.17) is 21.1 Å². The number of nitrogens with one attached hydrogen (secondary N) is 1. The van der Waals surface area contributed by atoms with Gasteiger partial charge >= 0.3 is 5.97 Å². The van der Waals surface area contributed by atoms with Gasteiger partial charge in [-0.3, -0.25) is 4.79 Å². The SMILES string of the molecule is CCCC(Cc1ccc(OC(C)(C)C(=O)OC(C)(C)C)cc1)NC(=O)c1cc(Cl)ccc1N1CCCCC1. The summed E-state index contributed by atoms with van der Waals surface area (Å²) in [5.41, 5.74) is 0.967. The lowest BCUT2D eigenvalue weighted by atomic mass is 10.0. The normalized spacial score (nSPS) is 15.1. The summed E-state index contributed by atoms with van der Waals surface area (Å²) in [5.74, 6) is 0.0844. The highest BCUT2D eigenvalue weighted by Crippen LogP contribution is 2.28. The predicted molar refractivity (Wildman–Crippen MR) is 154 cm³/mol. The van der Waals surface area contributed by atoms with Gasteiger partial charge in [0.15, 0.2) is 5.60 Å². The van der Waals surface area contributed by atoms with Crippen LogP contribution in [0.2, 0.25) is 5.02 Å². The second kappa shape index (κ2) is 12.9. The van der Waals surface area contributed by atoms with Crippen LogP contribution in [-0.4, -0.2) is 42.2 Å². The van der Waals surface area contributed by atoms with Gasteiger partial charge in [0.1, 0.15) is 11.4 Å². The molecule has 1 fully saturated rings. The zero-order chi connectivity index (χ0) is 27.9. The second-order valence-corrected chi connectivity index (χ2v) is 12.1. The third kappa shape index (κ3) is 8.65. The van der Waals surface area contributed by atoms with Crippen LogP contribution < -0.4 is 15.0 Å². The fourth-order valence-corrected chi connectivity index (χ4v) is 4.83. The van der Waals surface area contributed by atoms with Gasteiger partial charge in [0.2, 0.25) is 0 Å². The third-order valence-corrected chi connectivity index (χ3v) is 6.78. The summed E-state index contributed by atoms with van der Waals surface area (Å²) >= 11 is 6.30. The van der Waals surface area contributed by atoms with Crippen molar-refractivity contribution in [3.8, 4) is 5.75 Å². The highest BCUT2D eigenvalue weighted by atomic mass is 35.5. The summed E-state index contributed by atoms with van der Waals surface area (Å²) in [6, 6.07) is 13.3. The van der Waals surface area contributed by atoms with Gasteiger partial charge in [0, 0.05) is 29.8 Å². The third-order valence-electron chi connectivity index (χ3n) is 6.54. The van der Waals surface area contributed by atoms with Crippen LogP contribution in [0.5, 0.6) is 5.75 Å². The Bertz CT molecular complexity index is 1090. The van der Waals surface area contributed by atoms with Crippen molar-refractivity contribution in [3.05, 3.63) is 58.6 Å². The number of nitrogens with zero attached hydrogens (tertiary/aromatic N) is 1. The van der Waals surface area contributed by atoms with Crippen molar-refractivity contribution >= 4 is 29.2 Å². The Morgan fingerprint density at radius 2 is 1.66 bits per heavy atom. The molecule has 2 aromatic rings. The van der Waals surface area contributed by atoms with E-state index in [-0.39, 0.29) is 11.9 Å². The Balaban J connectivity index is 1.68. The molecule has 1 unspecified atom stereocenters. The van der Waals surface area contributed by atoms with E-state index in [9.17, 15) is 9.59 Å². The van der Waals surface area contributed by atoms with E-state index >= 15 is 0 Å². The zero-order valence-corrected chi connectivity index (χ0v) is 24.5. The number of hydrogen-bond donors (Lipinski definition) is 1. The summed E-state index contributed by atoms with van der Waals surface area (Å²) in [7, 11) is 0. The van der Waals surface area contributed by atoms with Crippen molar-refractivity contribution in [3.63, 3.8) is 0 Å². The predicted octanol–water partition coefficient (Wildman–Crippen LogP) is 6.97. The first-order chi connectivity index (χ1) is 17.9. The minimum Gasteiger partial charge on any atom is -0.476 e. The Morgan fingerprint density at radius 3 is 2.26 bits per heavy atom. The number of hydrogen-bond acceptors (Lipinski definition) is 5. The van der Waals surface area contributed by atoms with E-state index in [1.807, 2.05) is 57.2 Å². The molecule has 38 heavy (non-hydrogen) atoms. The number of carbonyl (C=O) groups is 2. The number of benzene rings is 2. The van der Waals surface area contributed by atoms with Crippen LogP contribution in [0, 0.1) is 0 Å². The van der Waals surface area contributed by atoms with Gasteiger partial charge < -0.3 is 19.7 Å². The zero-order valence-electron chi connectivity index (χ0n) is 23.7. The maximum absolute atomic E-state index is 13.4. The summed E-state index contributed by atoms with van der Waals surface area (Å²) in [6.45, 7) is 12.9. The Labute approximate surface area is 233 Å². The number of ether oxygens (including phenoxy) is 2. The molecule has 0 saturated carbocycles. The molecule has 1 atom stereocenters. The van der Waals surface area contributed by atoms with E-state index in [1.165, 1.54) is 6.42 Å². The van der Waals surface area contributed by atoms with Gasteiger partial charge in [-0.2, -0.15) is 0 Å². The Kier molecular flexibility index (Phi) is 10.1. The van der Waals surface area contributed by atoms with Crippen LogP contribution in [0.1, 0.15) is 89.6 Å². The molecule has 3 rings (SSSR count). The fourth-order valence-electron chi connectivity index (χ4n) is 4.65. The fraction of sp³-hybridized carbons (Fsp3) is 0.548. The summed E-state index contributed by atoms with van der Waals surface area (Å²) in [6.07, 6.45) is 6.00. The molecule has 1 N–H and O–H groups in total. The molecule has 0 bridgehead atoms. The molecule has 1 heterocycles. The van der Waals surface area contributed by atoms with E-state index in [0.717, 1.165) is 50.0 Å². The molecule has 0 aromatic heterocycles. The van der Waals surface area contributed by atoms with E-state index in [0.29, 0.717) is 22.8 Å².